The van der Waals surface area contributed by atoms with Gasteiger partial charge in [-0.25, -0.2) is 0 Å². The van der Waals surface area contributed by atoms with Crippen LogP contribution in [0.5, 0.6) is 0 Å². The molecule has 1 heterocycles. The highest BCUT2D eigenvalue weighted by molar-refractivity contribution is 5.33. The van der Waals surface area contributed by atoms with Gasteiger partial charge in [0.05, 0.1) is 11.7 Å². The van der Waals surface area contributed by atoms with Crippen molar-refractivity contribution < 1.29 is 4.74 Å². The molecular formula is C10H14O. The second-order valence-electron chi connectivity index (χ2n) is 3.84. The zero-order valence-electron chi connectivity index (χ0n) is 7.18. The maximum absolute atomic E-state index is 5.55. The molecule has 11 heavy (non-hydrogen) atoms. The molecule has 0 spiro atoms. The molecular weight excluding hydrogens is 136 g/mol. The quantitative estimate of drug-likeness (QED) is 0.523. The van der Waals surface area contributed by atoms with Gasteiger partial charge in [-0.2, -0.15) is 0 Å². The van der Waals surface area contributed by atoms with Gasteiger partial charge in [0, 0.05) is 6.42 Å². The first kappa shape index (κ1) is 7.11. The summed E-state index contributed by atoms with van der Waals surface area (Å²) < 4.78 is 5.55. The lowest BCUT2D eigenvalue weighted by Crippen LogP contribution is -2.13. The van der Waals surface area contributed by atoms with Gasteiger partial charge in [0.2, 0.25) is 0 Å². The molecule has 2 rings (SSSR count). The molecule has 0 bridgehead atoms. The molecule has 1 heteroatoms. The van der Waals surface area contributed by atoms with Gasteiger partial charge in [-0.15, -0.1) is 0 Å². The molecule has 1 nitrogen and oxygen atoms in total. The molecule has 0 aromatic heterocycles. The lowest BCUT2D eigenvalue weighted by Gasteiger charge is -2.12. The number of ether oxygens (including phenoxy) is 1. The Kier molecular flexibility index (Phi) is 1.28. The van der Waals surface area contributed by atoms with Gasteiger partial charge in [0.25, 0.3) is 0 Å². The molecule has 1 aliphatic heterocycles. The van der Waals surface area contributed by atoms with E-state index < -0.39 is 0 Å². The second-order valence-corrected chi connectivity index (χ2v) is 3.84. The monoisotopic (exact) mass is 150 g/mol. The first-order valence-electron chi connectivity index (χ1n) is 4.14. The molecule has 60 valence electrons. The minimum absolute atomic E-state index is 0.193. The summed E-state index contributed by atoms with van der Waals surface area (Å²) in [5, 5.41) is 0. The summed E-state index contributed by atoms with van der Waals surface area (Å²) in [6, 6.07) is 0. The predicted molar refractivity (Wildman–Crippen MR) is 45.4 cm³/mol. The van der Waals surface area contributed by atoms with Crippen LogP contribution in [0.1, 0.15) is 26.7 Å². The molecule has 0 N–H and O–H groups in total. The highest BCUT2D eigenvalue weighted by atomic mass is 16.6. The Balaban J connectivity index is 2.13. The Morgan fingerprint density at radius 2 is 2.55 bits per heavy atom. The van der Waals surface area contributed by atoms with Crippen molar-refractivity contribution >= 4 is 0 Å². The van der Waals surface area contributed by atoms with Crippen LogP contribution in [0.3, 0.4) is 0 Å². The van der Waals surface area contributed by atoms with E-state index in [1.165, 1.54) is 11.1 Å². The fourth-order valence-electron chi connectivity index (χ4n) is 1.69. The summed E-state index contributed by atoms with van der Waals surface area (Å²) in [5.41, 5.74) is 2.78. The number of epoxide rings is 1. The summed E-state index contributed by atoms with van der Waals surface area (Å²) in [7, 11) is 0. The average Bonchev–Trinajstić information content (AvgIpc) is 2.58. The first-order valence-corrected chi connectivity index (χ1v) is 4.14. The Morgan fingerprint density at radius 3 is 3.09 bits per heavy atom. The van der Waals surface area contributed by atoms with Crippen LogP contribution in [-0.2, 0) is 4.74 Å². The van der Waals surface area contributed by atoms with Crippen LogP contribution in [0.15, 0.2) is 23.8 Å². The van der Waals surface area contributed by atoms with E-state index >= 15 is 0 Å². The van der Waals surface area contributed by atoms with E-state index in [0.29, 0.717) is 6.10 Å². The van der Waals surface area contributed by atoms with Gasteiger partial charge in [-0.1, -0.05) is 18.2 Å². The fraction of sp³-hybridized carbons (Fsp3) is 0.600. The minimum Gasteiger partial charge on any atom is -0.366 e. The van der Waals surface area contributed by atoms with Crippen LogP contribution in [0, 0.1) is 0 Å². The van der Waals surface area contributed by atoms with Gasteiger partial charge < -0.3 is 4.74 Å². The summed E-state index contributed by atoms with van der Waals surface area (Å²) >= 11 is 0. The van der Waals surface area contributed by atoms with Crippen molar-refractivity contribution in [3.05, 3.63) is 23.8 Å². The highest BCUT2D eigenvalue weighted by Crippen LogP contribution is 2.47. The number of hydrogen-bond acceptors (Lipinski definition) is 1. The number of hydrogen-bond donors (Lipinski definition) is 0. The summed E-state index contributed by atoms with van der Waals surface area (Å²) in [6.07, 6.45) is 4.90. The third-order valence-corrected chi connectivity index (χ3v) is 2.74. The smallest absolute Gasteiger partial charge is 0.0958 e. The van der Waals surface area contributed by atoms with Gasteiger partial charge in [0.1, 0.15) is 0 Å². The molecule has 0 unspecified atom stereocenters. The highest BCUT2D eigenvalue weighted by Gasteiger charge is 2.53. The van der Waals surface area contributed by atoms with Crippen LogP contribution < -0.4 is 0 Å². The molecule has 0 saturated carbocycles. The average molecular weight is 150 g/mol. The van der Waals surface area contributed by atoms with Gasteiger partial charge >= 0.3 is 0 Å². The summed E-state index contributed by atoms with van der Waals surface area (Å²) in [4.78, 5) is 0. The van der Waals surface area contributed by atoms with Crippen molar-refractivity contribution in [2.24, 2.45) is 0 Å². The molecule has 1 aliphatic carbocycles. The first-order chi connectivity index (χ1) is 5.12. The zero-order valence-corrected chi connectivity index (χ0v) is 7.18. The Labute approximate surface area is 67.7 Å². The summed E-state index contributed by atoms with van der Waals surface area (Å²) in [6.45, 7) is 8.18. The largest absolute Gasteiger partial charge is 0.366 e. The Morgan fingerprint density at radius 1 is 1.82 bits per heavy atom. The van der Waals surface area contributed by atoms with Gasteiger partial charge in [-0.05, 0) is 25.8 Å². The molecule has 1 saturated heterocycles. The molecule has 1 fully saturated rings. The topological polar surface area (TPSA) is 12.5 Å². The Bertz CT molecular complexity index is 239. The van der Waals surface area contributed by atoms with Crippen molar-refractivity contribution in [2.75, 3.05) is 0 Å². The standard InChI is InChI=1S/C10H14O/c1-7(2)8-4-5-10(3)9(6-8)11-10/h4,9H,1,5-6H2,2-3H3/t9-,10+/m1/s1. The van der Waals surface area contributed by atoms with Crippen LogP contribution in [0.25, 0.3) is 0 Å². The normalized spacial score (nSPS) is 40.9. The maximum atomic E-state index is 5.55. The van der Waals surface area contributed by atoms with E-state index in [4.69, 9.17) is 4.74 Å². The SMILES string of the molecule is C=C(C)C1=CC[C@]2(C)O[C@@H]2C1. The second kappa shape index (κ2) is 1.98. The van der Waals surface area contributed by atoms with E-state index in [1.807, 2.05) is 0 Å². The predicted octanol–water partition coefficient (Wildman–Crippen LogP) is 2.44. The number of rotatable bonds is 1. The molecule has 2 aliphatic rings. The Hall–Kier alpha value is -0.560. The van der Waals surface area contributed by atoms with Crippen LogP contribution in [0.4, 0.5) is 0 Å². The fourth-order valence-corrected chi connectivity index (χ4v) is 1.69. The lowest BCUT2D eigenvalue weighted by molar-refractivity contribution is 0.313. The van der Waals surface area contributed by atoms with Crippen LogP contribution >= 0.6 is 0 Å². The van der Waals surface area contributed by atoms with E-state index in [-0.39, 0.29) is 5.60 Å². The summed E-state index contributed by atoms with van der Waals surface area (Å²) in [5.74, 6) is 0. The molecule has 0 aromatic rings. The molecule has 2 atom stereocenters. The van der Waals surface area contributed by atoms with Crippen LogP contribution in [0.2, 0.25) is 0 Å². The van der Waals surface area contributed by atoms with Gasteiger partial charge in [-0.3, -0.25) is 0 Å². The third-order valence-electron chi connectivity index (χ3n) is 2.74. The van der Waals surface area contributed by atoms with Gasteiger partial charge in [0.15, 0.2) is 0 Å². The van der Waals surface area contributed by atoms with E-state index in [9.17, 15) is 0 Å². The zero-order chi connectivity index (χ0) is 8.06. The van der Waals surface area contributed by atoms with Crippen molar-refractivity contribution in [1.29, 1.82) is 0 Å². The van der Waals surface area contributed by atoms with Crippen molar-refractivity contribution in [3.8, 4) is 0 Å². The minimum atomic E-state index is 0.193. The van der Waals surface area contributed by atoms with Crippen molar-refractivity contribution in [2.45, 2.75) is 38.4 Å². The third kappa shape index (κ3) is 1.04. The van der Waals surface area contributed by atoms with Crippen LogP contribution in [-0.4, -0.2) is 11.7 Å². The number of fused-ring (bicyclic) bond motifs is 1. The van der Waals surface area contributed by atoms with Crippen molar-refractivity contribution in [1.82, 2.24) is 0 Å². The van der Waals surface area contributed by atoms with E-state index in [2.05, 4.69) is 26.5 Å². The molecule has 0 aromatic carbocycles. The molecule has 0 radical (unpaired) electrons. The lowest BCUT2D eigenvalue weighted by atomic mass is 9.88. The van der Waals surface area contributed by atoms with E-state index in [0.717, 1.165) is 12.8 Å². The maximum Gasteiger partial charge on any atom is 0.0958 e. The number of allylic oxidation sites excluding steroid dienone is 1. The van der Waals surface area contributed by atoms with Crippen molar-refractivity contribution in [3.63, 3.8) is 0 Å². The van der Waals surface area contributed by atoms with E-state index in [1.54, 1.807) is 0 Å². The molecule has 0 amide bonds.